The molecule has 1 aliphatic carbocycles. The van der Waals surface area contributed by atoms with Gasteiger partial charge in [0.05, 0.1) is 43.1 Å². The van der Waals surface area contributed by atoms with Crippen LogP contribution >= 0.6 is 0 Å². The Morgan fingerprint density at radius 1 is 1.20 bits per heavy atom. The molecule has 240 valence electrons. The predicted octanol–water partition coefficient (Wildman–Crippen LogP) is 4.57. The number of anilines is 2. The lowest BCUT2D eigenvalue weighted by molar-refractivity contribution is -0.139. The summed E-state index contributed by atoms with van der Waals surface area (Å²) in [6.07, 6.45) is 1.16. The fourth-order valence-electron chi connectivity index (χ4n) is 7.34. The van der Waals surface area contributed by atoms with E-state index in [-0.39, 0.29) is 42.5 Å². The van der Waals surface area contributed by atoms with Crippen LogP contribution in [-0.2, 0) is 23.9 Å². The number of amides is 1. The molecule has 3 aliphatic heterocycles. The summed E-state index contributed by atoms with van der Waals surface area (Å²) in [5.74, 6) is -0.969. The zero-order valence-corrected chi connectivity index (χ0v) is 25.3. The number of alkyl halides is 3. The van der Waals surface area contributed by atoms with Crippen molar-refractivity contribution in [1.82, 2.24) is 19.8 Å². The van der Waals surface area contributed by atoms with E-state index < -0.39 is 23.6 Å². The molecular formula is C32H37F4N7O2. The summed E-state index contributed by atoms with van der Waals surface area (Å²) in [5.41, 5.74) is -0.211. The van der Waals surface area contributed by atoms with Gasteiger partial charge in [-0.2, -0.15) is 28.4 Å². The summed E-state index contributed by atoms with van der Waals surface area (Å²) in [6.45, 7) is 6.42. The first-order chi connectivity index (χ1) is 21.5. The maximum atomic E-state index is 14.5. The van der Waals surface area contributed by atoms with Crippen molar-refractivity contribution in [3.63, 3.8) is 0 Å². The van der Waals surface area contributed by atoms with Crippen molar-refractivity contribution in [1.29, 1.82) is 5.26 Å². The number of nitrogens with zero attached hydrogens (tertiary/aromatic N) is 7. The predicted molar refractivity (Wildman–Crippen MR) is 159 cm³/mol. The molecule has 2 atom stereocenters. The van der Waals surface area contributed by atoms with Gasteiger partial charge in [-0.1, -0.05) is 12.6 Å². The highest BCUT2D eigenvalue weighted by Gasteiger charge is 2.53. The Hall–Kier alpha value is -3.92. The molecule has 9 nitrogen and oxygen atoms in total. The second-order valence-corrected chi connectivity index (χ2v) is 12.5. The fraction of sp³-hybridized carbons (Fsp3) is 0.562. The van der Waals surface area contributed by atoms with E-state index in [0.29, 0.717) is 50.2 Å². The summed E-state index contributed by atoms with van der Waals surface area (Å²) in [6, 6.07) is 5.73. The van der Waals surface area contributed by atoms with Crippen LogP contribution in [0.15, 0.2) is 30.9 Å². The molecule has 1 unspecified atom stereocenters. The number of benzene rings is 1. The smallest absolute Gasteiger partial charge is 0.421 e. The van der Waals surface area contributed by atoms with Gasteiger partial charge in [0.25, 0.3) is 0 Å². The molecule has 6 rings (SSSR count). The number of hydrogen-bond acceptors (Lipinski definition) is 8. The van der Waals surface area contributed by atoms with E-state index in [2.05, 4.69) is 24.6 Å². The number of hydrogen-bond donors (Lipinski definition) is 0. The van der Waals surface area contributed by atoms with Crippen molar-refractivity contribution < 1.29 is 27.1 Å². The molecule has 1 saturated carbocycles. The summed E-state index contributed by atoms with van der Waals surface area (Å²) in [7, 11) is 2.13. The Balaban J connectivity index is 1.33. The average molecular weight is 628 g/mol. The monoisotopic (exact) mass is 627 g/mol. The molecule has 4 aliphatic rings. The second-order valence-electron chi connectivity index (χ2n) is 12.5. The topological polar surface area (TPSA) is 88.8 Å². The van der Waals surface area contributed by atoms with Crippen LogP contribution in [0.1, 0.15) is 48.9 Å². The lowest BCUT2D eigenvalue weighted by Crippen LogP contribution is -2.55. The lowest BCUT2D eigenvalue weighted by Gasteiger charge is -2.42. The Morgan fingerprint density at radius 3 is 2.67 bits per heavy atom. The highest BCUT2D eigenvalue weighted by atomic mass is 19.4. The third-order valence-electron chi connectivity index (χ3n) is 9.81. The summed E-state index contributed by atoms with van der Waals surface area (Å²) < 4.78 is 62.6. The van der Waals surface area contributed by atoms with Crippen LogP contribution in [0.25, 0.3) is 0 Å². The molecule has 0 spiro atoms. The number of carbonyl (C=O) groups is 1. The van der Waals surface area contributed by atoms with E-state index >= 15 is 0 Å². The molecule has 0 N–H and O–H groups in total. The van der Waals surface area contributed by atoms with E-state index in [1.54, 1.807) is 4.90 Å². The summed E-state index contributed by atoms with van der Waals surface area (Å²) >= 11 is 0. The molecule has 1 aromatic carbocycles. The molecule has 1 amide bonds. The minimum absolute atomic E-state index is 0.0147. The third kappa shape index (κ3) is 6.04. The van der Waals surface area contributed by atoms with Gasteiger partial charge in [0.15, 0.2) is 0 Å². The zero-order valence-electron chi connectivity index (χ0n) is 25.3. The number of piperazine rings is 1. The van der Waals surface area contributed by atoms with E-state index in [9.17, 15) is 27.6 Å². The highest BCUT2D eigenvalue weighted by molar-refractivity contribution is 5.87. The van der Waals surface area contributed by atoms with Gasteiger partial charge in [-0.25, -0.2) is 4.39 Å². The van der Waals surface area contributed by atoms with Gasteiger partial charge in [0, 0.05) is 43.2 Å². The molecule has 3 fully saturated rings. The van der Waals surface area contributed by atoms with Gasteiger partial charge in [-0.15, -0.1) is 0 Å². The Kier molecular flexibility index (Phi) is 8.37. The molecule has 1 aromatic heterocycles. The lowest BCUT2D eigenvalue weighted by atomic mass is 9.95. The zero-order chi connectivity index (χ0) is 31.9. The minimum Gasteiger partial charge on any atom is -0.463 e. The van der Waals surface area contributed by atoms with Crippen LogP contribution in [0.5, 0.6) is 6.01 Å². The maximum Gasteiger partial charge on any atom is 0.421 e. The maximum absolute atomic E-state index is 14.5. The Labute approximate surface area is 260 Å². The van der Waals surface area contributed by atoms with Crippen molar-refractivity contribution in [2.24, 2.45) is 5.41 Å². The first kappa shape index (κ1) is 31.1. The average Bonchev–Trinajstić information content (AvgIpc) is 3.68. The minimum atomic E-state index is -4.86. The van der Waals surface area contributed by atoms with Gasteiger partial charge in [0.2, 0.25) is 5.91 Å². The van der Waals surface area contributed by atoms with Gasteiger partial charge in [-0.05, 0) is 63.9 Å². The number of halogens is 4. The molecule has 13 heteroatoms. The molecule has 4 heterocycles. The molecule has 0 bridgehead atoms. The Morgan fingerprint density at radius 2 is 2.00 bits per heavy atom. The van der Waals surface area contributed by atoms with Crippen LogP contribution in [0.4, 0.5) is 29.1 Å². The van der Waals surface area contributed by atoms with Crippen LogP contribution < -0.4 is 14.5 Å². The normalized spacial score (nSPS) is 23.0. The SMILES string of the molecule is C=CC(=O)N1CCN(c2nc(OCC3(C4CCCN4C)CC3)nc3c2CCN(c2cccc(F)c2C(F)(F)F)C3)C[C@@H]1CC#N. The van der Waals surface area contributed by atoms with Gasteiger partial charge in [-0.3, -0.25) is 4.79 Å². The van der Waals surface area contributed by atoms with Crippen molar-refractivity contribution in [2.75, 3.05) is 56.2 Å². The van der Waals surface area contributed by atoms with Crippen LogP contribution in [-0.4, -0.2) is 84.1 Å². The molecule has 2 aromatic rings. The first-order valence-corrected chi connectivity index (χ1v) is 15.4. The van der Waals surface area contributed by atoms with Gasteiger partial charge in [0.1, 0.15) is 17.2 Å². The summed E-state index contributed by atoms with van der Waals surface area (Å²) in [5, 5.41) is 9.49. The number of rotatable bonds is 8. The standard InChI is InChI=1S/C32H37F4N7O2/c1-3-27(44)43-17-16-42(18-21(43)9-13-37)29-22-10-15-41(25-7-4-6-23(33)28(25)32(34,35)36)19-24(22)38-30(39-29)45-20-31(11-12-31)26-8-5-14-40(26)2/h3-4,6-7,21,26H,1,5,8-12,14-20H2,2H3/t21-,26?/m0/s1. The Bertz CT molecular complexity index is 1510. The van der Waals surface area contributed by atoms with E-state index in [4.69, 9.17) is 14.7 Å². The number of ether oxygens (including phenoxy) is 1. The summed E-state index contributed by atoms with van der Waals surface area (Å²) in [4.78, 5) is 29.6. The van der Waals surface area contributed by atoms with Crippen molar-refractivity contribution in [2.45, 2.75) is 63.3 Å². The van der Waals surface area contributed by atoms with E-state index in [1.165, 1.54) is 23.1 Å². The van der Waals surface area contributed by atoms with Gasteiger partial charge >= 0.3 is 12.2 Å². The fourth-order valence-corrected chi connectivity index (χ4v) is 7.34. The number of likely N-dealkylation sites (tertiary alicyclic amines) is 1. The molecular weight excluding hydrogens is 590 g/mol. The van der Waals surface area contributed by atoms with E-state index in [0.717, 1.165) is 43.9 Å². The van der Waals surface area contributed by atoms with Crippen LogP contribution in [0.2, 0.25) is 0 Å². The van der Waals surface area contributed by atoms with E-state index in [1.807, 2.05) is 4.90 Å². The first-order valence-electron chi connectivity index (χ1n) is 15.4. The molecule has 0 radical (unpaired) electrons. The quantitative estimate of drug-likeness (QED) is 0.311. The number of carbonyl (C=O) groups excluding carboxylic acids is 1. The highest BCUT2D eigenvalue weighted by Crippen LogP contribution is 2.53. The van der Waals surface area contributed by atoms with Gasteiger partial charge < -0.3 is 24.3 Å². The number of fused-ring (bicyclic) bond motifs is 1. The molecule has 2 saturated heterocycles. The van der Waals surface area contributed by atoms with Crippen molar-refractivity contribution in [3.05, 3.63) is 53.5 Å². The molecule has 45 heavy (non-hydrogen) atoms. The van der Waals surface area contributed by atoms with Crippen LogP contribution in [0.3, 0.4) is 0 Å². The number of aromatic nitrogens is 2. The van der Waals surface area contributed by atoms with Crippen molar-refractivity contribution >= 4 is 17.4 Å². The third-order valence-corrected chi connectivity index (χ3v) is 9.81. The number of nitriles is 1. The second kappa shape index (κ2) is 12.1. The van der Waals surface area contributed by atoms with Crippen LogP contribution in [0, 0.1) is 22.6 Å². The largest absolute Gasteiger partial charge is 0.463 e. The van der Waals surface area contributed by atoms with Crippen molar-refractivity contribution in [3.8, 4) is 12.1 Å².